The van der Waals surface area contributed by atoms with Gasteiger partial charge < -0.3 is 20.3 Å². The van der Waals surface area contributed by atoms with Crippen molar-refractivity contribution >= 4 is 44.7 Å². The number of ether oxygens (including phenoxy) is 1. The first-order valence-corrected chi connectivity index (χ1v) is 11.3. The van der Waals surface area contributed by atoms with Crippen molar-refractivity contribution in [2.75, 3.05) is 43.2 Å². The monoisotopic (exact) mass is 430 g/mol. The van der Waals surface area contributed by atoms with E-state index in [0.717, 1.165) is 11.9 Å². The summed E-state index contributed by atoms with van der Waals surface area (Å²) in [5.41, 5.74) is 6.40. The van der Waals surface area contributed by atoms with E-state index in [4.69, 9.17) is 22.1 Å². The van der Waals surface area contributed by atoms with Gasteiger partial charge in [0.05, 0.1) is 22.2 Å². The minimum atomic E-state index is -3.38. The van der Waals surface area contributed by atoms with Crippen LogP contribution in [0.25, 0.3) is 0 Å². The average molecular weight is 431 g/mol. The molecule has 1 amide bonds. The molecule has 1 aromatic rings. The number of carbonyl (C=O) groups excluding carboxylic acids is 1. The summed E-state index contributed by atoms with van der Waals surface area (Å²) < 4.78 is 29.2. The van der Waals surface area contributed by atoms with Crippen molar-refractivity contribution < 1.29 is 17.9 Å². The van der Waals surface area contributed by atoms with Gasteiger partial charge in [-0.1, -0.05) is 0 Å². The second kappa shape index (κ2) is 8.57. The van der Waals surface area contributed by atoms with E-state index in [1.165, 1.54) is 6.07 Å². The molecule has 156 valence electrons. The van der Waals surface area contributed by atoms with Gasteiger partial charge in [0.2, 0.25) is 0 Å². The van der Waals surface area contributed by atoms with E-state index in [0.29, 0.717) is 31.9 Å². The van der Waals surface area contributed by atoms with Crippen molar-refractivity contribution in [1.29, 1.82) is 0 Å². The zero-order valence-corrected chi connectivity index (χ0v) is 18.2. The molecule has 2 rings (SSSR count). The molecule has 0 atom stereocenters. The number of aliphatic imine (C=N–C) groups is 1. The van der Waals surface area contributed by atoms with Gasteiger partial charge in [0.25, 0.3) is 0 Å². The molecule has 0 radical (unpaired) electrons. The summed E-state index contributed by atoms with van der Waals surface area (Å²) in [5, 5.41) is 0. The lowest BCUT2D eigenvalue weighted by molar-refractivity contribution is 0.0240. The van der Waals surface area contributed by atoms with Crippen molar-refractivity contribution in [3.05, 3.63) is 18.2 Å². The maximum absolute atomic E-state index is 12.2. The van der Waals surface area contributed by atoms with E-state index >= 15 is 0 Å². The van der Waals surface area contributed by atoms with Crippen LogP contribution in [-0.2, 0) is 14.6 Å². The Kier molecular flexibility index (Phi) is 6.82. The molecule has 0 spiro atoms. The normalized spacial score (nSPS) is 16.2. The molecule has 2 N–H and O–H groups in total. The molecular formula is C18H27ClN4O4S. The number of rotatable bonds is 4. The highest BCUT2D eigenvalue weighted by atomic mass is 35.5. The van der Waals surface area contributed by atoms with Crippen molar-refractivity contribution in [1.82, 2.24) is 4.90 Å². The first-order valence-electron chi connectivity index (χ1n) is 8.86. The Balaban J connectivity index is 2.23. The van der Waals surface area contributed by atoms with Gasteiger partial charge in [0.1, 0.15) is 11.4 Å². The Bertz CT molecular complexity index is 857. The largest absolute Gasteiger partial charge is 0.444 e. The van der Waals surface area contributed by atoms with E-state index in [1.54, 1.807) is 17.0 Å². The fourth-order valence-corrected chi connectivity index (χ4v) is 3.43. The van der Waals surface area contributed by atoms with Crippen LogP contribution in [0.4, 0.5) is 16.2 Å². The minimum absolute atomic E-state index is 0.0367. The molecule has 28 heavy (non-hydrogen) atoms. The van der Waals surface area contributed by atoms with E-state index in [9.17, 15) is 13.2 Å². The zero-order valence-electron chi connectivity index (χ0n) is 16.6. The van der Waals surface area contributed by atoms with Gasteiger partial charge in [0.15, 0.2) is 9.84 Å². The molecule has 0 aromatic heterocycles. The van der Waals surface area contributed by atoms with Crippen LogP contribution in [0.5, 0.6) is 0 Å². The van der Waals surface area contributed by atoms with Crippen LogP contribution in [0.2, 0.25) is 0 Å². The molecule has 10 heteroatoms. The summed E-state index contributed by atoms with van der Waals surface area (Å²) in [7, 11) is -3.38. The predicted molar refractivity (Wildman–Crippen MR) is 112 cm³/mol. The third-order valence-corrected chi connectivity index (χ3v) is 5.43. The summed E-state index contributed by atoms with van der Waals surface area (Å²) in [4.78, 5) is 20.4. The van der Waals surface area contributed by atoms with Gasteiger partial charge in [-0.25, -0.2) is 18.2 Å². The predicted octanol–water partition coefficient (Wildman–Crippen LogP) is 2.37. The van der Waals surface area contributed by atoms with Crippen molar-refractivity contribution in [2.24, 2.45) is 10.7 Å². The highest BCUT2D eigenvalue weighted by molar-refractivity contribution is 7.90. The van der Waals surface area contributed by atoms with E-state index in [-0.39, 0.29) is 22.7 Å². The van der Waals surface area contributed by atoms with E-state index in [1.807, 2.05) is 25.7 Å². The van der Waals surface area contributed by atoms with Crippen molar-refractivity contribution in [3.8, 4) is 0 Å². The molecule has 0 saturated carbocycles. The van der Waals surface area contributed by atoms with Gasteiger partial charge in [0, 0.05) is 32.4 Å². The molecule has 0 bridgehead atoms. The molecule has 1 fully saturated rings. The number of hydrogen-bond acceptors (Lipinski definition) is 6. The van der Waals surface area contributed by atoms with Crippen LogP contribution < -0.4 is 10.6 Å². The summed E-state index contributed by atoms with van der Waals surface area (Å²) >= 11 is 5.73. The average Bonchev–Trinajstić information content (AvgIpc) is 2.59. The second-order valence-electron chi connectivity index (χ2n) is 7.61. The number of piperazine rings is 1. The lowest BCUT2D eigenvalue weighted by Gasteiger charge is -2.37. The molecule has 0 aliphatic carbocycles. The molecule has 8 nitrogen and oxygen atoms in total. The fraction of sp³-hybridized carbons (Fsp3) is 0.556. The molecule has 1 heterocycles. The Labute approximate surface area is 171 Å². The second-order valence-corrected chi connectivity index (χ2v) is 9.90. The van der Waals surface area contributed by atoms with Gasteiger partial charge in [-0.2, -0.15) is 0 Å². The van der Waals surface area contributed by atoms with Gasteiger partial charge in [-0.05, 0) is 39.0 Å². The lowest BCUT2D eigenvalue weighted by atomic mass is 10.2. The standard InChI is InChI=1S/C18H27ClN4O4S/c1-18(2,3)27-17(24)23-9-7-22(8-10-23)15-6-5-13(28(4,25)26)11-14(15)21-16(20)12-19/h5-6,11H,7-10,12H2,1-4H3,(H2,20,21). The lowest BCUT2D eigenvalue weighted by Crippen LogP contribution is -2.50. The number of alkyl halides is 1. The topological polar surface area (TPSA) is 105 Å². The highest BCUT2D eigenvalue weighted by Crippen LogP contribution is 2.32. The Morgan fingerprint density at radius 1 is 1.25 bits per heavy atom. The van der Waals surface area contributed by atoms with Crippen molar-refractivity contribution in [2.45, 2.75) is 31.3 Å². The number of carbonyl (C=O) groups is 1. The summed E-state index contributed by atoms with van der Waals surface area (Å²) in [6, 6.07) is 4.74. The maximum atomic E-state index is 12.2. The van der Waals surface area contributed by atoms with Crippen LogP contribution in [0.15, 0.2) is 28.1 Å². The number of halogens is 1. The molecular weight excluding hydrogens is 404 g/mol. The number of amides is 1. The Morgan fingerprint density at radius 2 is 1.86 bits per heavy atom. The Hall–Kier alpha value is -2.00. The number of benzene rings is 1. The third kappa shape index (κ3) is 6.00. The Morgan fingerprint density at radius 3 is 2.36 bits per heavy atom. The molecule has 1 aromatic carbocycles. The van der Waals surface area contributed by atoms with Crippen LogP contribution >= 0.6 is 11.6 Å². The maximum Gasteiger partial charge on any atom is 0.410 e. The third-order valence-electron chi connectivity index (χ3n) is 4.05. The SMILES string of the molecule is CC(C)(C)OC(=O)N1CCN(c2ccc(S(C)(=O)=O)cc2N=C(N)CCl)CC1. The number of amidine groups is 1. The fourth-order valence-electron chi connectivity index (χ4n) is 2.73. The van der Waals surface area contributed by atoms with Crippen LogP contribution in [0.1, 0.15) is 20.8 Å². The van der Waals surface area contributed by atoms with Gasteiger partial charge in [-0.3, -0.25) is 0 Å². The smallest absolute Gasteiger partial charge is 0.410 e. The minimum Gasteiger partial charge on any atom is -0.444 e. The highest BCUT2D eigenvalue weighted by Gasteiger charge is 2.27. The number of hydrogen-bond donors (Lipinski definition) is 1. The summed E-state index contributed by atoms with van der Waals surface area (Å²) in [5.74, 6) is 0.232. The number of nitrogens with zero attached hydrogens (tertiary/aromatic N) is 3. The van der Waals surface area contributed by atoms with Gasteiger partial charge in [-0.15, -0.1) is 11.6 Å². The number of sulfone groups is 1. The molecule has 0 unspecified atom stereocenters. The van der Waals surface area contributed by atoms with E-state index < -0.39 is 15.4 Å². The first-order chi connectivity index (χ1) is 12.9. The molecule has 1 saturated heterocycles. The van der Waals surface area contributed by atoms with Gasteiger partial charge >= 0.3 is 6.09 Å². The van der Waals surface area contributed by atoms with E-state index in [2.05, 4.69) is 4.99 Å². The van der Waals surface area contributed by atoms with Crippen LogP contribution in [0.3, 0.4) is 0 Å². The zero-order chi connectivity index (χ0) is 21.1. The molecule has 1 aliphatic heterocycles. The summed E-state index contributed by atoms with van der Waals surface area (Å²) in [6.07, 6.45) is 0.796. The molecule has 1 aliphatic rings. The van der Waals surface area contributed by atoms with Crippen LogP contribution in [-0.4, -0.2) is 69.2 Å². The van der Waals surface area contributed by atoms with Crippen molar-refractivity contribution in [3.63, 3.8) is 0 Å². The first kappa shape index (κ1) is 22.3. The quantitative estimate of drug-likeness (QED) is 0.446. The van der Waals surface area contributed by atoms with Crippen LogP contribution in [0, 0.1) is 0 Å². The number of anilines is 1. The summed E-state index contributed by atoms with van der Waals surface area (Å²) in [6.45, 7) is 7.57. The number of nitrogens with two attached hydrogens (primary N) is 1.